The summed E-state index contributed by atoms with van der Waals surface area (Å²) < 4.78 is 11.1. The standard InChI is InChI=1S/C17H15NO3/c1-20-16-9-13-14(18-8-7-15(13)19)10-17(16)21-11-12-5-3-2-4-6-12/h2-10,13H,11H2,1H3. The molecular weight excluding hydrogens is 266 g/mol. The number of methoxy groups -OCH3 is 1. The molecule has 1 aromatic rings. The van der Waals surface area contributed by atoms with Gasteiger partial charge in [-0.3, -0.25) is 9.79 Å². The summed E-state index contributed by atoms with van der Waals surface area (Å²) in [6, 6.07) is 9.88. The van der Waals surface area contributed by atoms with Crippen molar-refractivity contribution in [2.45, 2.75) is 6.61 Å². The van der Waals surface area contributed by atoms with E-state index in [4.69, 9.17) is 9.47 Å². The van der Waals surface area contributed by atoms with E-state index >= 15 is 0 Å². The predicted octanol–water partition coefficient (Wildman–Crippen LogP) is 2.78. The molecule has 0 amide bonds. The number of carbonyl (C=O) groups is 1. The first kappa shape index (κ1) is 13.4. The van der Waals surface area contributed by atoms with Gasteiger partial charge < -0.3 is 9.47 Å². The number of benzene rings is 1. The van der Waals surface area contributed by atoms with E-state index in [1.807, 2.05) is 30.3 Å². The number of allylic oxidation sites excluding steroid dienone is 3. The van der Waals surface area contributed by atoms with Gasteiger partial charge in [0.2, 0.25) is 0 Å². The summed E-state index contributed by atoms with van der Waals surface area (Å²) in [5, 5.41) is 0. The van der Waals surface area contributed by atoms with E-state index in [0.717, 1.165) is 5.56 Å². The fraction of sp³-hybridized carbons (Fsp3) is 0.176. The zero-order valence-electron chi connectivity index (χ0n) is 11.7. The number of nitrogens with zero attached hydrogens (tertiary/aromatic N) is 1. The molecule has 1 heterocycles. The quantitative estimate of drug-likeness (QED) is 0.852. The van der Waals surface area contributed by atoms with E-state index in [0.29, 0.717) is 23.8 Å². The van der Waals surface area contributed by atoms with Crippen LogP contribution in [0.15, 0.2) is 71.3 Å². The van der Waals surface area contributed by atoms with Gasteiger partial charge in [-0.25, -0.2) is 0 Å². The molecule has 0 radical (unpaired) electrons. The fourth-order valence-electron chi connectivity index (χ4n) is 2.28. The number of carbonyl (C=O) groups excluding carboxylic acids is 1. The lowest BCUT2D eigenvalue weighted by molar-refractivity contribution is -0.115. The molecule has 1 atom stereocenters. The second-order valence-electron chi connectivity index (χ2n) is 4.77. The highest BCUT2D eigenvalue weighted by Crippen LogP contribution is 2.26. The monoisotopic (exact) mass is 281 g/mol. The van der Waals surface area contributed by atoms with Crippen molar-refractivity contribution in [2.75, 3.05) is 7.11 Å². The van der Waals surface area contributed by atoms with Crippen LogP contribution in [-0.2, 0) is 20.9 Å². The Bertz CT molecular complexity index is 669. The average Bonchev–Trinajstić information content (AvgIpc) is 2.53. The summed E-state index contributed by atoms with van der Waals surface area (Å²) in [6.45, 7) is 0.440. The van der Waals surface area contributed by atoms with Gasteiger partial charge in [-0.2, -0.15) is 0 Å². The largest absolute Gasteiger partial charge is 0.493 e. The van der Waals surface area contributed by atoms with Crippen LogP contribution in [0.4, 0.5) is 0 Å². The van der Waals surface area contributed by atoms with Crippen LogP contribution in [0.2, 0.25) is 0 Å². The Balaban J connectivity index is 1.80. The second-order valence-corrected chi connectivity index (χ2v) is 4.77. The number of aliphatic imine (C=N–C) groups is 1. The summed E-state index contributed by atoms with van der Waals surface area (Å²) >= 11 is 0. The first-order chi connectivity index (χ1) is 10.3. The molecule has 0 bridgehead atoms. The maximum Gasteiger partial charge on any atom is 0.170 e. The molecule has 1 aliphatic heterocycles. The Morgan fingerprint density at radius 3 is 2.76 bits per heavy atom. The molecule has 0 aromatic heterocycles. The van der Waals surface area contributed by atoms with Crippen LogP contribution in [0.25, 0.3) is 0 Å². The van der Waals surface area contributed by atoms with Gasteiger partial charge in [0.25, 0.3) is 0 Å². The predicted molar refractivity (Wildman–Crippen MR) is 79.5 cm³/mol. The molecule has 1 unspecified atom stereocenters. The molecule has 0 fully saturated rings. The molecule has 4 nitrogen and oxygen atoms in total. The average molecular weight is 281 g/mol. The SMILES string of the molecule is COC1=CC2C(=O)C=CN=C2C=C1OCc1ccccc1. The first-order valence-electron chi connectivity index (χ1n) is 6.70. The van der Waals surface area contributed by atoms with Crippen molar-refractivity contribution in [2.24, 2.45) is 10.9 Å². The summed E-state index contributed by atoms with van der Waals surface area (Å²) in [5.41, 5.74) is 1.75. The molecule has 0 saturated heterocycles. The van der Waals surface area contributed by atoms with Crippen LogP contribution in [-0.4, -0.2) is 18.6 Å². The second kappa shape index (κ2) is 5.79. The van der Waals surface area contributed by atoms with Gasteiger partial charge in [0.15, 0.2) is 17.3 Å². The third-order valence-electron chi connectivity index (χ3n) is 3.38. The molecular formula is C17H15NO3. The third kappa shape index (κ3) is 2.79. The zero-order valence-corrected chi connectivity index (χ0v) is 11.7. The lowest BCUT2D eigenvalue weighted by Gasteiger charge is -2.22. The summed E-state index contributed by atoms with van der Waals surface area (Å²) in [6.07, 6.45) is 6.52. The fourth-order valence-corrected chi connectivity index (χ4v) is 2.28. The Morgan fingerprint density at radius 2 is 2.00 bits per heavy atom. The van der Waals surface area contributed by atoms with E-state index in [1.165, 1.54) is 12.3 Å². The Kier molecular flexibility index (Phi) is 3.69. The lowest BCUT2D eigenvalue weighted by Crippen LogP contribution is -2.26. The maximum absolute atomic E-state index is 11.8. The molecule has 106 valence electrons. The molecule has 21 heavy (non-hydrogen) atoms. The number of ether oxygens (including phenoxy) is 2. The number of hydrogen-bond acceptors (Lipinski definition) is 4. The van der Waals surface area contributed by atoms with E-state index in [9.17, 15) is 4.79 Å². The highest BCUT2D eigenvalue weighted by molar-refractivity contribution is 6.18. The lowest BCUT2D eigenvalue weighted by atomic mass is 9.91. The van der Waals surface area contributed by atoms with Crippen LogP contribution in [0.5, 0.6) is 0 Å². The van der Waals surface area contributed by atoms with Gasteiger partial charge in [-0.1, -0.05) is 30.3 Å². The Morgan fingerprint density at radius 1 is 1.19 bits per heavy atom. The van der Waals surface area contributed by atoms with E-state index < -0.39 is 0 Å². The van der Waals surface area contributed by atoms with Crippen molar-refractivity contribution in [1.82, 2.24) is 0 Å². The highest BCUT2D eigenvalue weighted by atomic mass is 16.5. The Hall–Kier alpha value is -2.62. The van der Waals surface area contributed by atoms with Crippen molar-refractivity contribution in [3.05, 3.63) is 71.8 Å². The molecule has 1 aliphatic carbocycles. The molecule has 0 spiro atoms. The smallest absolute Gasteiger partial charge is 0.170 e. The number of fused-ring (bicyclic) bond motifs is 1. The molecule has 3 rings (SSSR count). The summed E-state index contributed by atoms with van der Waals surface area (Å²) in [5.74, 6) is 0.805. The van der Waals surface area contributed by atoms with Crippen LogP contribution in [0.3, 0.4) is 0 Å². The molecule has 4 heteroatoms. The van der Waals surface area contributed by atoms with Crippen molar-refractivity contribution in [1.29, 1.82) is 0 Å². The molecule has 2 aliphatic rings. The molecule has 0 N–H and O–H groups in total. The van der Waals surface area contributed by atoms with Crippen molar-refractivity contribution < 1.29 is 14.3 Å². The normalized spacial score (nSPS) is 20.1. The van der Waals surface area contributed by atoms with E-state index in [1.54, 1.807) is 19.3 Å². The first-order valence-corrected chi connectivity index (χ1v) is 6.70. The minimum atomic E-state index is -0.367. The van der Waals surface area contributed by atoms with Gasteiger partial charge in [0, 0.05) is 18.4 Å². The van der Waals surface area contributed by atoms with Gasteiger partial charge in [0.1, 0.15) is 6.61 Å². The van der Waals surface area contributed by atoms with Crippen LogP contribution in [0, 0.1) is 5.92 Å². The van der Waals surface area contributed by atoms with Crippen LogP contribution in [0.1, 0.15) is 5.56 Å². The van der Waals surface area contributed by atoms with E-state index in [2.05, 4.69) is 4.99 Å². The van der Waals surface area contributed by atoms with Gasteiger partial charge in [0.05, 0.1) is 18.7 Å². The number of rotatable bonds is 4. The summed E-state index contributed by atoms with van der Waals surface area (Å²) in [7, 11) is 1.57. The van der Waals surface area contributed by atoms with Gasteiger partial charge in [-0.05, 0) is 11.6 Å². The molecule has 1 aromatic carbocycles. The topological polar surface area (TPSA) is 47.9 Å². The Labute approximate surface area is 123 Å². The van der Waals surface area contributed by atoms with E-state index in [-0.39, 0.29) is 11.7 Å². The van der Waals surface area contributed by atoms with Crippen LogP contribution < -0.4 is 0 Å². The van der Waals surface area contributed by atoms with Crippen molar-refractivity contribution in [3.8, 4) is 0 Å². The number of hydrogen-bond donors (Lipinski definition) is 0. The minimum Gasteiger partial charge on any atom is -0.493 e. The van der Waals surface area contributed by atoms with Crippen molar-refractivity contribution >= 4 is 11.5 Å². The highest BCUT2D eigenvalue weighted by Gasteiger charge is 2.28. The third-order valence-corrected chi connectivity index (χ3v) is 3.38. The van der Waals surface area contributed by atoms with Crippen molar-refractivity contribution in [3.63, 3.8) is 0 Å². The van der Waals surface area contributed by atoms with Gasteiger partial charge >= 0.3 is 0 Å². The van der Waals surface area contributed by atoms with Crippen LogP contribution >= 0.6 is 0 Å². The number of ketones is 1. The zero-order chi connectivity index (χ0) is 14.7. The van der Waals surface area contributed by atoms with Gasteiger partial charge in [-0.15, -0.1) is 0 Å². The summed E-state index contributed by atoms with van der Waals surface area (Å²) in [4.78, 5) is 16.1. The minimum absolute atomic E-state index is 0.00732. The maximum atomic E-state index is 11.8. The molecule has 0 saturated carbocycles.